The Morgan fingerprint density at radius 1 is 1.18 bits per heavy atom. The number of aryl methyl sites for hydroxylation is 1. The fourth-order valence-electron chi connectivity index (χ4n) is 4.43. The molecule has 0 aromatic heterocycles. The Morgan fingerprint density at radius 2 is 1.87 bits per heavy atom. The van der Waals surface area contributed by atoms with Crippen molar-refractivity contribution >= 4 is 39.4 Å². The van der Waals surface area contributed by atoms with Gasteiger partial charge in [-0.25, -0.2) is 8.42 Å². The van der Waals surface area contributed by atoms with E-state index < -0.39 is 33.6 Å². The minimum absolute atomic E-state index is 0.0371. The van der Waals surface area contributed by atoms with Crippen LogP contribution in [0.5, 0.6) is 5.75 Å². The van der Waals surface area contributed by atoms with Crippen molar-refractivity contribution in [3.05, 3.63) is 64.6 Å². The number of sulfonamides is 1. The summed E-state index contributed by atoms with van der Waals surface area (Å²) in [6.45, 7) is 3.34. The van der Waals surface area contributed by atoms with Crippen molar-refractivity contribution < 1.29 is 35.9 Å². The van der Waals surface area contributed by atoms with Gasteiger partial charge in [-0.1, -0.05) is 18.2 Å². The summed E-state index contributed by atoms with van der Waals surface area (Å²) in [5.41, 5.74) is 1.19. The molecule has 39 heavy (non-hydrogen) atoms. The quantitative estimate of drug-likeness (QED) is 0.577. The number of aliphatic imine (C=N–C) groups is 1. The number of rotatable bonds is 6. The predicted molar refractivity (Wildman–Crippen MR) is 140 cm³/mol. The molecule has 1 spiro atoms. The van der Waals surface area contributed by atoms with E-state index in [1.165, 1.54) is 34.3 Å². The number of ether oxygens (including phenoxy) is 1. The van der Waals surface area contributed by atoms with Crippen LogP contribution in [0.1, 0.15) is 36.5 Å². The Balaban J connectivity index is 1.45. The summed E-state index contributed by atoms with van der Waals surface area (Å²) in [6.07, 6.45) is -3.15. The van der Waals surface area contributed by atoms with E-state index in [0.717, 1.165) is 23.1 Å². The molecule has 13 heteroatoms. The summed E-state index contributed by atoms with van der Waals surface area (Å²) >= 11 is 0. The number of anilines is 1. The number of amides is 2. The Morgan fingerprint density at radius 3 is 2.49 bits per heavy atom. The highest BCUT2D eigenvalue weighted by molar-refractivity contribution is 7.92. The predicted octanol–water partition coefficient (Wildman–Crippen LogP) is 3.59. The van der Waals surface area contributed by atoms with Crippen molar-refractivity contribution in [3.8, 4) is 5.75 Å². The first-order chi connectivity index (χ1) is 18.2. The maximum Gasteiger partial charge on any atom is 0.573 e. The second kappa shape index (κ2) is 10.5. The molecule has 0 atom stereocenters. The van der Waals surface area contributed by atoms with E-state index in [1.807, 2.05) is 6.92 Å². The largest absolute Gasteiger partial charge is 0.573 e. The van der Waals surface area contributed by atoms with Gasteiger partial charge >= 0.3 is 6.36 Å². The number of nitrogens with one attached hydrogen (secondary N) is 1. The molecule has 2 aliphatic rings. The van der Waals surface area contributed by atoms with E-state index in [9.17, 15) is 31.2 Å². The van der Waals surface area contributed by atoms with Gasteiger partial charge < -0.3 is 15.0 Å². The van der Waals surface area contributed by atoms with E-state index in [0.29, 0.717) is 11.3 Å². The van der Waals surface area contributed by atoms with Crippen LogP contribution in [-0.2, 0) is 19.6 Å². The average molecular weight is 565 g/mol. The molecule has 0 saturated carbocycles. The van der Waals surface area contributed by atoms with Crippen molar-refractivity contribution in [2.75, 3.05) is 25.0 Å². The second-order valence-corrected chi connectivity index (χ2v) is 11.2. The number of carbonyl (C=O) groups is 2. The zero-order valence-corrected chi connectivity index (χ0v) is 22.3. The van der Waals surface area contributed by atoms with Crippen LogP contribution >= 0.6 is 0 Å². The topological polar surface area (TPSA) is 108 Å². The average Bonchev–Trinajstić information content (AvgIpc) is 3.17. The minimum atomic E-state index is -4.86. The number of carbonyl (C=O) groups excluding carboxylic acids is 2. The van der Waals surface area contributed by atoms with E-state index >= 15 is 0 Å². The lowest BCUT2D eigenvalue weighted by atomic mass is 9.89. The maximum atomic E-state index is 13.0. The summed E-state index contributed by atoms with van der Waals surface area (Å²) in [7, 11) is -2.16. The van der Waals surface area contributed by atoms with Crippen molar-refractivity contribution in [1.82, 2.24) is 9.62 Å². The zero-order valence-electron chi connectivity index (χ0n) is 21.4. The summed E-state index contributed by atoms with van der Waals surface area (Å²) in [6, 6.07) is 10.4. The normalized spacial score (nSPS) is 17.8. The monoisotopic (exact) mass is 564 g/mol. The van der Waals surface area contributed by atoms with E-state index in [-0.39, 0.29) is 43.2 Å². The first kappa shape index (κ1) is 28.3. The number of benzene rings is 2. The van der Waals surface area contributed by atoms with Gasteiger partial charge in [0.15, 0.2) is 0 Å². The van der Waals surface area contributed by atoms with Crippen LogP contribution in [0, 0.1) is 6.92 Å². The third kappa shape index (κ3) is 6.31. The minimum Gasteiger partial charge on any atom is -0.406 e. The van der Waals surface area contributed by atoms with Gasteiger partial charge in [-0.2, -0.15) is 4.31 Å². The highest BCUT2D eigenvalue weighted by atomic mass is 32.2. The number of hydrogen-bond acceptors (Lipinski definition) is 6. The Kier molecular flexibility index (Phi) is 7.59. The third-order valence-corrected chi connectivity index (χ3v) is 8.33. The molecule has 2 aliphatic heterocycles. The van der Waals surface area contributed by atoms with E-state index in [1.54, 1.807) is 25.2 Å². The van der Waals surface area contributed by atoms with Crippen molar-refractivity contribution in [2.45, 2.75) is 38.6 Å². The van der Waals surface area contributed by atoms with Gasteiger partial charge in [0.1, 0.15) is 17.1 Å². The maximum absolute atomic E-state index is 13.0. The van der Waals surface area contributed by atoms with Gasteiger partial charge in [0.25, 0.3) is 5.91 Å². The summed E-state index contributed by atoms with van der Waals surface area (Å²) < 4.78 is 68.9. The fraction of sp³-hybridized carbons (Fsp3) is 0.346. The lowest BCUT2D eigenvalue weighted by molar-refractivity contribution is -0.274. The molecular weight excluding hydrogens is 537 g/mol. The Labute approximate surface area is 224 Å². The first-order valence-electron chi connectivity index (χ1n) is 12.0. The number of amidine groups is 1. The van der Waals surface area contributed by atoms with Gasteiger partial charge in [-0.15, -0.1) is 13.2 Å². The van der Waals surface area contributed by atoms with Crippen LogP contribution in [0.15, 0.2) is 52.9 Å². The number of piperidine rings is 1. The van der Waals surface area contributed by atoms with E-state index in [2.05, 4.69) is 15.0 Å². The van der Waals surface area contributed by atoms with Gasteiger partial charge in [-0.3, -0.25) is 14.6 Å². The van der Waals surface area contributed by atoms with E-state index in [4.69, 9.17) is 0 Å². The van der Waals surface area contributed by atoms with Crippen molar-refractivity contribution in [2.24, 2.45) is 4.99 Å². The first-order valence-corrected chi connectivity index (χ1v) is 13.5. The smallest absolute Gasteiger partial charge is 0.406 e. The molecule has 0 aliphatic carbocycles. The molecule has 9 nitrogen and oxygen atoms in total. The molecule has 1 saturated heterocycles. The lowest BCUT2D eigenvalue weighted by Gasteiger charge is -2.34. The van der Waals surface area contributed by atoms with Gasteiger partial charge in [0.2, 0.25) is 15.9 Å². The number of halogens is 3. The highest BCUT2D eigenvalue weighted by Gasteiger charge is 2.47. The van der Waals surface area contributed by atoms with Gasteiger partial charge in [0.05, 0.1) is 0 Å². The summed E-state index contributed by atoms with van der Waals surface area (Å²) in [5, 5.41) is 3.72. The zero-order chi connectivity index (χ0) is 28.6. The second-order valence-electron chi connectivity index (χ2n) is 9.39. The van der Waals surface area contributed by atoms with Crippen LogP contribution in [-0.4, -0.2) is 62.4 Å². The third-order valence-electron chi connectivity index (χ3n) is 6.76. The fourth-order valence-corrected chi connectivity index (χ4v) is 5.61. The Bertz CT molecular complexity index is 1460. The molecule has 4 rings (SSSR count). The molecule has 1 N–H and O–H groups in total. The van der Waals surface area contributed by atoms with Crippen LogP contribution in [0.3, 0.4) is 0 Å². The van der Waals surface area contributed by atoms with Crippen LogP contribution in [0.4, 0.5) is 18.9 Å². The van der Waals surface area contributed by atoms with Crippen LogP contribution in [0.2, 0.25) is 0 Å². The molecule has 2 heterocycles. The number of alkyl halides is 3. The molecule has 1 fully saturated rings. The lowest BCUT2D eigenvalue weighted by Crippen LogP contribution is -2.50. The standard InChI is InChI=1S/C26H27F3N4O5S/c1-17-15-21(32(3)18(2)34)8-7-19(17)9-14-39(36,37)33-12-10-25(11-13-33)24(35)30-23(31-25)20-5-4-6-22(16-20)38-26(27,28)29/h4-9,14-16H,10-13H2,1-3H3,(H,30,31,35). The SMILES string of the molecule is CC(=O)N(C)c1ccc(C=CS(=O)(=O)N2CCC3(CC2)N=C(c2cccc(OC(F)(F)F)c2)NC3=O)c(C)c1. The molecule has 2 aromatic carbocycles. The van der Waals surface area contributed by atoms with Crippen molar-refractivity contribution in [1.29, 1.82) is 0 Å². The number of nitrogens with zero attached hydrogens (tertiary/aromatic N) is 3. The molecule has 2 amide bonds. The molecule has 0 unspecified atom stereocenters. The van der Waals surface area contributed by atoms with Crippen LogP contribution in [0.25, 0.3) is 6.08 Å². The molecule has 0 radical (unpaired) electrons. The van der Waals surface area contributed by atoms with Gasteiger partial charge in [0, 0.05) is 43.7 Å². The van der Waals surface area contributed by atoms with Crippen LogP contribution < -0.4 is 15.0 Å². The number of hydrogen-bond donors (Lipinski definition) is 1. The molecule has 0 bridgehead atoms. The molecule has 2 aromatic rings. The Hall–Kier alpha value is -3.71. The van der Waals surface area contributed by atoms with Gasteiger partial charge in [-0.05, 0) is 61.2 Å². The van der Waals surface area contributed by atoms with Crippen molar-refractivity contribution in [3.63, 3.8) is 0 Å². The molecular formula is C26H27F3N4O5S. The summed E-state index contributed by atoms with van der Waals surface area (Å²) in [4.78, 5) is 30.4. The summed E-state index contributed by atoms with van der Waals surface area (Å²) in [5.74, 6) is -0.891. The highest BCUT2D eigenvalue weighted by Crippen LogP contribution is 2.33. The molecule has 208 valence electrons.